The Hall–Kier alpha value is -4.12. The van der Waals surface area contributed by atoms with E-state index in [2.05, 4.69) is 4.90 Å². The maximum atomic E-state index is 12.7. The summed E-state index contributed by atoms with van der Waals surface area (Å²) in [7, 11) is 3.27. The van der Waals surface area contributed by atoms with Crippen molar-refractivity contribution in [3.63, 3.8) is 0 Å². The number of rotatable bonds is 11. The lowest BCUT2D eigenvalue weighted by Gasteiger charge is -2.33. The third-order valence-corrected chi connectivity index (χ3v) is 7.80. The average molecular weight is 589 g/mol. The minimum atomic E-state index is -1.27. The summed E-state index contributed by atoms with van der Waals surface area (Å²) in [5.74, 6) is 1.23. The lowest BCUT2D eigenvalue weighted by molar-refractivity contribution is -0.138. The molecule has 10 nitrogen and oxygen atoms in total. The molecular weight excluding hydrogens is 548 g/mol. The van der Waals surface area contributed by atoms with E-state index in [1.54, 1.807) is 21.1 Å². The van der Waals surface area contributed by atoms with Crippen molar-refractivity contribution in [2.45, 2.75) is 25.6 Å². The highest BCUT2D eigenvalue weighted by Crippen LogP contribution is 2.21. The van der Waals surface area contributed by atoms with E-state index in [-0.39, 0.29) is 31.4 Å². The Morgan fingerprint density at radius 2 is 1.58 bits per heavy atom. The topological polar surface area (TPSA) is 98.4 Å². The van der Waals surface area contributed by atoms with E-state index in [4.69, 9.17) is 14.2 Å². The molecule has 1 amide bonds. The van der Waals surface area contributed by atoms with Crippen molar-refractivity contribution in [2.75, 3.05) is 53.1 Å². The summed E-state index contributed by atoms with van der Waals surface area (Å²) in [5.41, 5.74) is 2.62. The smallest absolute Gasteiger partial charge is 0.328 e. The molecular formula is C33H40N4O6. The third kappa shape index (κ3) is 7.45. The zero-order valence-electron chi connectivity index (χ0n) is 25.1. The number of imidazole rings is 1. The highest BCUT2D eigenvalue weighted by Gasteiger charge is 2.37. The number of aromatic nitrogens is 2. The number of carbonyl (C=O) groups excluding carboxylic acids is 1. The average Bonchev–Trinajstić information content (AvgIpc) is 3.13. The van der Waals surface area contributed by atoms with Crippen LogP contribution in [-0.4, -0.2) is 88.7 Å². The predicted octanol–water partition coefficient (Wildman–Crippen LogP) is 2.83. The number of β-amino-alcohol motifs (C(OH)–C–C–N with tert-alkyl or cyclic N) is 1. The van der Waals surface area contributed by atoms with Crippen LogP contribution in [0.4, 0.5) is 0 Å². The van der Waals surface area contributed by atoms with Crippen molar-refractivity contribution in [3.05, 3.63) is 94.4 Å². The zero-order chi connectivity index (χ0) is 30.4. The van der Waals surface area contributed by atoms with Crippen molar-refractivity contribution in [2.24, 2.45) is 7.05 Å². The van der Waals surface area contributed by atoms with Gasteiger partial charge in [-0.1, -0.05) is 42.0 Å². The number of ether oxygens (including phenoxy) is 3. The first-order valence-corrected chi connectivity index (χ1v) is 14.5. The minimum Gasteiger partial charge on any atom is -0.492 e. The van der Waals surface area contributed by atoms with E-state index in [1.165, 1.54) is 7.11 Å². The van der Waals surface area contributed by atoms with Gasteiger partial charge in [-0.25, -0.2) is 4.79 Å². The SMILES string of the molecule is COCC(=O)N1CCN(Cc2ccc(OCCn3c(=O)n(C)c4ccccc43)cc2)C[C@@](O)(COc2ccc(C)cc2)C1. The van der Waals surface area contributed by atoms with Crippen LogP contribution in [0.1, 0.15) is 11.1 Å². The fraction of sp³-hybridized carbons (Fsp3) is 0.394. The van der Waals surface area contributed by atoms with E-state index >= 15 is 0 Å². The Labute approximate surface area is 251 Å². The maximum absolute atomic E-state index is 12.7. The van der Waals surface area contributed by atoms with Crippen LogP contribution in [0.5, 0.6) is 11.5 Å². The molecule has 1 aliphatic rings. The van der Waals surface area contributed by atoms with E-state index < -0.39 is 5.60 Å². The van der Waals surface area contributed by atoms with Crippen molar-refractivity contribution < 1.29 is 24.1 Å². The van der Waals surface area contributed by atoms with Crippen LogP contribution in [0.2, 0.25) is 0 Å². The Morgan fingerprint density at radius 1 is 0.907 bits per heavy atom. The van der Waals surface area contributed by atoms with Crippen LogP contribution >= 0.6 is 0 Å². The molecule has 1 atom stereocenters. The molecule has 2 heterocycles. The molecule has 1 saturated heterocycles. The van der Waals surface area contributed by atoms with Gasteiger partial charge in [0.25, 0.3) is 0 Å². The molecule has 43 heavy (non-hydrogen) atoms. The van der Waals surface area contributed by atoms with Gasteiger partial charge in [0, 0.05) is 40.3 Å². The lowest BCUT2D eigenvalue weighted by Crippen LogP contribution is -2.52. The number of nitrogens with zero attached hydrogens (tertiary/aromatic N) is 4. The number of fused-ring (bicyclic) bond motifs is 1. The van der Waals surface area contributed by atoms with Gasteiger partial charge in [-0.3, -0.25) is 18.8 Å². The molecule has 0 bridgehead atoms. The Kier molecular flexibility index (Phi) is 9.49. The predicted molar refractivity (Wildman–Crippen MR) is 164 cm³/mol. The molecule has 1 aromatic heterocycles. The van der Waals surface area contributed by atoms with Crippen LogP contribution in [0.25, 0.3) is 11.0 Å². The number of hydrogen-bond acceptors (Lipinski definition) is 7. The summed E-state index contributed by atoms with van der Waals surface area (Å²) >= 11 is 0. The molecule has 0 spiro atoms. The van der Waals surface area contributed by atoms with Gasteiger partial charge in [0.2, 0.25) is 5.91 Å². The molecule has 0 aliphatic carbocycles. The molecule has 4 aromatic rings. The molecule has 1 N–H and O–H groups in total. The van der Waals surface area contributed by atoms with Crippen LogP contribution in [0.15, 0.2) is 77.6 Å². The molecule has 1 aliphatic heterocycles. The van der Waals surface area contributed by atoms with Crippen molar-refractivity contribution in [3.8, 4) is 11.5 Å². The molecule has 5 rings (SSSR count). The monoisotopic (exact) mass is 588 g/mol. The highest BCUT2D eigenvalue weighted by atomic mass is 16.5. The van der Waals surface area contributed by atoms with Gasteiger partial charge in [0.15, 0.2) is 0 Å². The van der Waals surface area contributed by atoms with Crippen molar-refractivity contribution in [1.29, 1.82) is 0 Å². The molecule has 0 unspecified atom stereocenters. The van der Waals surface area contributed by atoms with E-state index in [0.29, 0.717) is 50.8 Å². The largest absolute Gasteiger partial charge is 0.492 e. The number of benzene rings is 3. The van der Waals surface area contributed by atoms with Crippen LogP contribution in [0, 0.1) is 6.92 Å². The zero-order valence-corrected chi connectivity index (χ0v) is 25.1. The van der Waals surface area contributed by atoms with Gasteiger partial charge < -0.3 is 24.2 Å². The Bertz CT molecular complexity index is 1580. The summed E-state index contributed by atoms with van der Waals surface area (Å²) in [6.07, 6.45) is 0. The van der Waals surface area contributed by atoms with Crippen LogP contribution < -0.4 is 15.2 Å². The number of amides is 1. The Balaban J connectivity index is 1.21. The van der Waals surface area contributed by atoms with Gasteiger partial charge in [-0.2, -0.15) is 0 Å². The minimum absolute atomic E-state index is 0.0362. The summed E-state index contributed by atoms with van der Waals surface area (Å²) in [5, 5.41) is 11.7. The molecule has 1 fully saturated rings. The van der Waals surface area contributed by atoms with Gasteiger partial charge >= 0.3 is 5.69 Å². The van der Waals surface area contributed by atoms with Crippen molar-refractivity contribution in [1.82, 2.24) is 18.9 Å². The van der Waals surface area contributed by atoms with Gasteiger partial charge in [-0.15, -0.1) is 0 Å². The van der Waals surface area contributed by atoms with Gasteiger partial charge in [0.05, 0.1) is 24.1 Å². The second-order valence-electron chi connectivity index (χ2n) is 11.3. The first-order chi connectivity index (χ1) is 20.7. The summed E-state index contributed by atoms with van der Waals surface area (Å²) in [6.45, 7) is 4.98. The number of carbonyl (C=O) groups is 1. The van der Waals surface area contributed by atoms with Gasteiger partial charge in [-0.05, 0) is 48.9 Å². The fourth-order valence-corrected chi connectivity index (χ4v) is 5.53. The molecule has 3 aromatic carbocycles. The third-order valence-electron chi connectivity index (χ3n) is 7.80. The second kappa shape index (κ2) is 13.5. The summed E-state index contributed by atoms with van der Waals surface area (Å²) < 4.78 is 20.4. The highest BCUT2D eigenvalue weighted by molar-refractivity contribution is 5.77. The van der Waals surface area contributed by atoms with E-state index in [1.807, 2.05) is 79.7 Å². The normalized spacial score (nSPS) is 17.6. The van der Waals surface area contributed by atoms with Crippen LogP contribution in [0.3, 0.4) is 0 Å². The summed E-state index contributed by atoms with van der Waals surface area (Å²) in [6, 6.07) is 23.2. The van der Waals surface area contributed by atoms with E-state index in [9.17, 15) is 14.7 Å². The second-order valence-corrected chi connectivity index (χ2v) is 11.3. The number of para-hydroxylation sites is 2. The number of methoxy groups -OCH3 is 1. The number of aliphatic hydroxyl groups is 1. The standard InChI is InChI=1S/C33H40N4O6/c1-25-8-12-28(13-9-25)43-24-33(40)22-35(16-17-36(23-33)31(38)21-41-3)20-26-10-14-27(15-11-26)42-19-18-37-30-7-5-4-6-29(30)34(2)32(37)39/h4-15,40H,16-24H2,1-3H3/t33-/m0/s1. The first kappa shape index (κ1) is 30.3. The lowest BCUT2D eigenvalue weighted by atomic mass is 10.0. The molecule has 0 radical (unpaired) electrons. The van der Waals surface area contributed by atoms with Gasteiger partial charge in [0.1, 0.15) is 36.9 Å². The Morgan fingerprint density at radius 3 is 2.30 bits per heavy atom. The van der Waals surface area contributed by atoms with Crippen LogP contribution in [-0.2, 0) is 29.7 Å². The summed E-state index contributed by atoms with van der Waals surface area (Å²) in [4.78, 5) is 29.2. The quantitative estimate of drug-likeness (QED) is 0.288. The fourth-order valence-electron chi connectivity index (χ4n) is 5.53. The first-order valence-electron chi connectivity index (χ1n) is 14.5. The van der Waals surface area contributed by atoms with E-state index in [0.717, 1.165) is 22.2 Å². The molecule has 0 saturated carbocycles. The number of hydrogen-bond donors (Lipinski definition) is 1. The molecule has 10 heteroatoms. The maximum Gasteiger partial charge on any atom is 0.328 e. The molecule has 228 valence electrons. The number of aryl methyl sites for hydroxylation is 2. The van der Waals surface area contributed by atoms with Crippen molar-refractivity contribution >= 4 is 16.9 Å².